The molecule has 0 aliphatic heterocycles. The second kappa shape index (κ2) is 6.28. The zero-order valence-electron chi connectivity index (χ0n) is 7.45. The lowest BCUT2D eigenvalue weighted by Gasteiger charge is -2.19. The molecule has 74 valence electrons. The van der Waals surface area contributed by atoms with Crippen LogP contribution in [0.25, 0.3) is 0 Å². The molecular weight excluding hydrogens is 219 g/mol. The van der Waals surface area contributed by atoms with E-state index in [-0.39, 0.29) is 0 Å². The number of hydrogen-bond acceptors (Lipinski definition) is 4. The van der Waals surface area contributed by atoms with Gasteiger partial charge in [0.1, 0.15) is 0 Å². The molecule has 0 aromatic heterocycles. The first-order valence-electron chi connectivity index (χ1n) is 3.66. The summed E-state index contributed by atoms with van der Waals surface area (Å²) in [5.41, 5.74) is 0. The van der Waals surface area contributed by atoms with Crippen LogP contribution < -0.4 is 0 Å². The Labute approximate surface area is 82.7 Å². The van der Waals surface area contributed by atoms with E-state index in [1.165, 1.54) is 11.8 Å². The van der Waals surface area contributed by atoms with E-state index in [0.29, 0.717) is 13.2 Å². The van der Waals surface area contributed by atoms with Gasteiger partial charge in [0.15, 0.2) is 4.45 Å². The average molecular weight is 233 g/mol. The van der Waals surface area contributed by atoms with E-state index in [0.717, 1.165) is 0 Å². The summed E-state index contributed by atoms with van der Waals surface area (Å²) < 4.78 is 21.1. The lowest BCUT2D eigenvalue weighted by molar-refractivity contribution is 0.222. The van der Waals surface area contributed by atoms with Crippen molar-refractivity contribution >= 4 is 31.0 Å². The molecule has 0 aromatic rings. The summed E-state index contributed by atoms with van der Waals surface area (Å²) in [6, 6.07) is 0. The van der Waals surface area contributed by atoms with E-state index in [9.17, 15) is 4.57 Å². The van der Waals surface area contributed by atoms with Crippen LogP contribution in [0.1, 0.15) is 13.8 Å². The van der Waals surface area contributed by atoms with Gasteiger partial charge in [0.2, 0.25) is 0 Å². The van der Waals surface area contributed by atoms with Crippen LogP contribution in [-0.4, -0.2) is 23.9 Å². The lowest BCUT2D eigenvalue weighted by atomic mass is 10.9. The summed E-state index contributed by atoms with van der Waals surface area (Å²) in [5, 5.41) is 0. The topological polar surface area (TPSA) is 35.5 Å². The second-order valence-corrected chi connectivity index (χ2v) is 6.31. The van der Waals surface area contributed by atoms with Gasteiger partial charge >= 0.3 is 7.60 Å². The highest BCUT2D eigenvalue weighted by Crippen LogP contribution is 2.58. The Morgan fingerprint density at radius 3 is 2.08 bits per heavy atom. The molecule has 0 aromatic carbocycles. The summed E-state index contributed by atoms with van der Waals surface area (Å²) in [7, 11) is -3.08. The van der Waals surface area contributed by atoms with Crippen molar-refractivity contribution in [3.63, 3.8) is 0 Å². The monoisotopic (exact) mass is 232 g/mol. The molecule has 0 radical (unpaired) electrons. The van der Waals surface area contributed by atoms with Crippen molar-refractivity contribution in [3.05, 3.63) is 0 Å². The molecule has 0 saturated heterocycles. The van der Waals surface area contributed by atoms with Gasteiger partial charge in [-0.25, -0.2) is 0 Å². The summed E-state index contributed by atoms with van der Waals surface area (Å²) in [6.45, 7) is 4.22. The van der Waals surface area contributed by atoms with E-state index >= 15 is 0 Å². The Bertz CT molecular complexity index is 157. The summed E-state index contributed by atoms with van der Waals surface area (Å²) >= 11 is 7.04. The summed E-state index contributed by atoms with van der Waals surface area (Å²) in [5.74, 6) is 0. The van der Waals surface area contributed by atoms with Crippen LogP contribution >= 0.6 is 31.0 Å². The van der Waals surface area contributed by atoms with Crippen molar-refractivity contribution in [2.75, 3.05) is 19.5 Å². The predicted octanol–water partition coefficient (Wildman–Crippen LogP) is 3.14. The number of halogens is 1. The smallest absolute Gasteiger partial charge is 0.307 e. The van der Waals surface area contributed by atoms with Crippen LogP contribution in [0, 0.1) is 0 Å². The largest absolute Gasteiger partial charge is 0.358 e. The number of thioether (sulfide) groups is 1. The van der Waals surface area contributed by atoms with E-state index in [4.69, 9.17) is 20.6 Å². The van der Waals surface area contributed by atoms with Crippen LogP contribution in [0.15, 0.2) is 0 Å². The Morgan fingerprint density at radius 1 is 1.42 bits per heavy atom. The van der Waals surface area contributed by atoms with Crippen molar-refractivity contribution in [1.29, 1.82) is 0 Å². The first-order valence-corrected chi connectivity index (χ1v) is 7.00. The molecule has 0 amide bonds. The van der Waals surface area contributed by atoms with E-state index in [2.05, 4.69) is 0 Å². The molecule has 0 N–H and O–H groups in total. The minimum absolute atomic E-state index is 0.348. The molecule has 0 aliphatic rings. The van der Waals surface area contributed by atoms with E-state index < -0.39 is 12.0 Å². The Morgan fingerprint density at radius 2 is 1.83 bits per heavy atom. The molecule has 0 heterocycles. The normalized spacial score (nSPS) is 14.7. The molecule has 0 fully saturated rings. The van der Waals surface area contributed by atoms with Gasteiger partial charge in [-0.15, -0.1) is 11.8 Å². The minimum atomic E-state index is -3.08. The molecular formula is C6H14ClO3PS. The molecule has 1 atom stereocenters. The van der Waals surface area contributed by atoms with Gasteiger partial charge in [0.05, 0.1) is 13.2 Å². The standard InChI is InChI=1S/C6H14ClO3PS/c1-4-9-11(8,10-5-2)6(7)12-3/h6H,4-5H2,1-3H3. The maximum absolute atomic E-state index is 11.7. The van der Waals surface area contributed by atoms with Gasteiger partial charge in [0, 0.05) is 0 Å². The molecule has 12 heavy (non-hydrogen) atoms. The van der Waals surface area contributed by atoms with E-state index in [1.54, 1.807) is 20.1 Å². The van der Waals surface area contributed by atoms with Crippen LogP contribution in [-0.2, 0) is 13.6 Å². The highest BCUT2D eigenvalue weighted by molar-refractivity contribution is 8.06. The summed E-state index contributed by atoms with van der Waals surface area (Å²) in [6.07, 6.45) is 1.77. The maximum atomic E-state index is 11.7. The van der Waals surface area contributed by atoms with Gasteiger partial charge in [-0.1, -0.05) is 11.6 Å². The van der Waals surface area contributed by atoms with Gasteiger partial charge < -0.3 is 9.05 Å². The van der Waals surface area contributed by atoms with Crippen molar-refractivity contribution in [1.82, 2.24) is 0 Å². The number of rotatable bonds is 6. The Hall–Kier alpha value is 0.790. The Kier molecular flexibility index (Phi) is 6.69. The average Bonchev–Trinajstić information content (AvgIpc) is 2.04. The molecule has 0 aliphatic carbocycles. The first-order chi connectivity index (χ1) is 5.60. The van der Waals surface area contributed by atoms with Gasteiger partial charge in [-0.3, -0.25) is 4.57 Å². The molecule has 0 saturated carbocycles. The number of hydrogen-bond donors (Lipinski definition) is 0. The van der Waals surface area contributed by atoms with Crippen LogP contribution in [0.5, 0.6) is 0 Å². The van der Waals surface area contributed by atoms with Crippen LogP contribution in [0.3, 0.4) is 0 Å². The molecule has 0 spiro atoms. The first kappa shape index (κ1) is 12.8. The quantitative estimate of drug-likeness (QED) is 0.521. The fraction of sp³-hybridized carbons (Fsp3) is 1.00. The predicted molar refractivity (Wildman–Crippen MR) is 54.0 cm³/mol. The fourth-order valence-electron chi connectivity index (χ4n) is 0.643. The maximum Gasteiger partial charge on any atom is 0.358 e. The minimum Gasteiger partial charge on any atom is -0.307 e. The third-order valence-electron chi connectivity index (χ3n) is 1.06. The molecule has 0 rings (SSSR count). The highest BCUT2D eigenvalue weighted by atomic mass is 35.5. The van der Waals surface area contributed by atoms with Crippen molar-refractivity contribution < 1.29 is 13.6 Å². The van der Waals surface area contributed by atoms with Crippen LogP contribution in [0.2, 0.25) is 0 Å². The molecule has 6 heteroatoms. The summed E-state index contributed by atoms with van der Waals surface area (Å²) in [4.78, 5) is 0. The molecule has 0 bridgehead atoms. The number of alkyl halides is 1. The van der Waals surface area contributed by atoms with Crippen LogP contribution in [0.4, 0.5) is 0 Å². The second-order valence-electron chi connectivity index (χ2n) is 1.90. The van der Waals surface area contributed by atoms with E-state index in [1.807, 2.05) is 0 Å². The zero-order chi connectivity index (χ0) is 9.61. The lowest BCUT2D eigenvalue weighted by Crippen LogP contribution is -2.03. The zero-order valence-corrected chi connectivity index (χ0v) is 9.92. The molecule has 3 nitrogen and oxygen atoms in total. The van der Waals surface area contributed by atoms with Gasteiger partial charge in [-0.05, 0) is 20.1 Å². The third kappa shape index (κ3) is 3.67. The SMILES string of the molecule is CCOP(=O)(OCC)C(Cl)SC. The fourth-order valence-corrected chi connectivity index (χ4v) is 3.41. The van der Waals surface area contributed by atoms with Crippen molar-refractivity contribution in [3.8, 4) is 0 Å². The van der Waals surface area contributed by atoms with Gasteiger partial charge in [-0.2, -0.15) is 0 Å². The third-order valence-corrected chi connectivity index (χ3v) is 5.84. The van der Waals surface area contributed by atoms with Crippen molar-refractivity contribution in [2.24, 2.45) is 0 Å². The highest BCUT2D eigenvalue weighted by Gasteiger charge is 2.33. The molecule has 1 unspecified atom stereocenters. The van der Waals surface area contributed by atoms with Crippen molar-refractivity contribution in [2.45, 2.75) is 18.3 Å². The van der Waals surface area contributed by atoms with Gasteiger partial charge in [0.25, 0.3) is 0 Å². The Balaban J connectivity index is 4.27.